The Balaban J connectivity index is 1.61. The highest BCUT2D eigenvalue weighted by atomic mass is 32.1. The van der Waals surface area contributed by atoms with Crippen LogP contribution >= 0.6 is 11.3 Å². The standard InChI is InChI=1S/C14H23N3S/c1-2-13-9-15-14(18-13)11-16-6-4-8-17-7-3-5-12(17)10-16/h9,12H,2-8,10-11H2,1H3. The SMILES string of the molecule is CCc1cnc(CN2CCCN3CCCC3C2)s1. The second kappa shape index (κ2) is 5.68. The number of fused-ring (bicyclic) bond motifs is 1. The minimum Gasteiger partial charge on any atom is -0.299 e. The summed E-state index contributed by atoms with van der Waals surface area (Å²) < 4.78 is 0. The van der Waals surface area contributed by atoms with Crippen LogP contribution in [0.5, 0.6) is 0 Å². The third-order valence-electron chi connectivity index (χ3n) is 4.20. The zero-order valence-electron chi connectivity index (χ0n) is 11.3. The number of rotatable bonds is 3. The van der Waals surface area contributed by atoms with Crippen LogP contribution in [0.25, 0.3) is 0 Å². The molecule has 2 aliphatic rings. The smallest absolute Gasteiger partial charge is 0.107 e. The Morgan fingerprint density at radius 1 is 1.33 bits per heavy atom. The molecule has 1 aromatic heterocycles. The van der Waals surface area contributed by atoms with Crippen LogP contribution < -0.4 is 0 Å². The Bertz CT molecular complexity index is 390. The highest BCUT2D eigenvalue weighted by Crippen LogP contribution is 2.23. The van der Waals surface area contributed by atoms with E-state index in [2.05, 4.69) is 27.9 Å². The lowest BCUT2D eigenvalue weighted by Gasteiger charge is -2.24. The van der Waals surface area contributed by atoms with Crippen molar-refractivity contribution >= 4 is 11.3 Å². The molecule has 2 fully saturated rings. The Morgan fingerprint density at radius 3 is 3.06 bits per heavy atom. The molecule has 3 rings (SSSR count). The van der Waals surface area contributed by atoms with Gasteiger partial charge in [-0.15, -0.1) is 11.3 Å². The molecule has 0 radical (unpaired) electrons. The van der Waals surface area contributed by atoms with E-state index in [1.807, 2.05) is 11.3 Å². The van der Waals surface area contributed by atoms with Crippen molar-refractivity contribution in [2.75, 3.05) is 26.2 Å². The van der Waals surface area contributed by atoms with Gasteiger partial charge >= 0.3 is 0 Å². The third-order valence-corrected chi connectivity index (χ3v) is 5.32. The van der Waals surface area contributed by atoms with Gasteiger partial charge in [0.05, 0.1) is 6.54 Å². The van der Waals surface area contributed by atoms with Gasteiger partial charge in [-0.25, -0.2) is 4.98 Å². The van der Waals surface area contributed by atoms with Crippen LogP contribution in [0.2, 0.25) is 0 Å². The van der Waals surface area contributed by atoms with Crippen molar-refractivity contribution in [1.82, 2.24) is 14.8 Å². The molecule has 0 amide bonds. The molecule has 18 heavy (non-hydrogen) atoms. The predicted molar refractivity (Wildman–Crippen MR) is 76.0 cm³/mol. The second-order valence-corrected chi connectivity index (χ2v) is 6.69. The molecule has 4 heteroatoms. The Morgan fingerprint density at radius 2 is 2.22 bits per heavy atom. The maximum atomic E-state index is 4.56. The van der Waals surface area contributed by atoms with Gasteiger partial charge in [-0.3, -0.25) is 9.80 Å². The summed E-state index contributed by atoms with van der Waals surface area (Å²) in [6.45, 7) is 8.40. The highest BCUT2D eigenvalue weighted by Gasteiger charge is 2.28. The van der Waals surface area contributed by atoms with Crippen molar-refractivity contribution in [1.29, 1.82) is 0 Å². The molecule has 1 atom stereocenters. The molecular weight excluding hydrogens is 242 g/mol. The fourth-order valence-corrected chi connectivity index (χ4v) is 4.11. The van der Waals surface area contributed by atoms with Gasteiger partial charge < -0.3 is 0 Å². The molecule has 0 spiro atoms. The molecule has 3 heterocycles. The van der Waals surface area contributed by atoms with Gasteiger partial charge in [-0.1, -0.05) is 6.92 Å². The molecule has 2 aliphatic heterocycles. The van der Waals surface area contributed by atoms with Crippen molar-refractivity contribution in [2.45, 2.75) is 45.2 Å². The van der Waals surface area contributed by atoms with E-state index >= 15 is 0 Å². The van der Waals surface area contributed by atoms with Crippen molar-refractivity contribution in [3.8, 4) is 0 Å². The van der Waals surface area contributed by atoms with Crippen LogP contribution in [0.3, 0.4) is 0 Å². The first-order valence-corrected chi connectivity index (χ1v) is 8.07. The molecule has 1 aromatic rings. The number of aromatic nitrogens is 1. The fraction of sp³-hybridized carbons (Fsp3) is 0.786. The van der Waals surface area contributed by atoms with E-state index in [1.54, 1.807) is 0 Å². The molecule has 0 aliphatic carbocycles. The Kier molecular flexibility index (Phi) is 3.97. The van der Waals surface area contributed by atoms with Gasteiger partial charge in [-0.2, -0.15) is 0 Å². The first-order chi connectivity index (χ1) is 8.85. The van der Waals surface area contributed by atoms with Crippen molar-refractivity contribution < 1.29 is 0 Å². The highest BCUT2D eigenvalue weighted by molar-refractivity contribution is 7.11. The fourth-order valence-electron chi connectivity index (χ4n) is 3.20. The lowest BCUT2D eigenvalue weighted by Crippen LogP contribution is -2.36. The summed E-state index contributed by atoms with van der Waals surface area (Å²) in [6, 6.07) is 0.818. The number of hydrogen-bond acceptors (Lipinski definition) is 4. The predicted octanol–water partition coefficient (Wildman–Crippen LogP) is 2.38. The summed E-state index contributed by atoms with van der Waals surface area (Å²) >= 11 is 1.89. The van der Waals surface area contributed by atoms with Gasteiger partial charge in [0.25, 0.3) is 0 Å². The summed E-state index contributed by atoms with van der Waals surface area (Å²) in [5, 5.41) is 1.30. The second-order valence-electron chi connectivity index (χ2n) is 5.49. The van der Waals surface area contributed by atoms with Gasteiger partial charge in [-0.05, 0) is 45.3 Å². The van der Waals surface area contributed by atoms with E-state index in [0.29, 0.717) is 0 Å². The number of hydrogen-bond donors (Lipinski definition) is 0. The molecular formula is C14H23N3S. The lowest BCUT2D eigenvalue weighted by atomic mass is 10.2. The van der Waals surface area contributed by atoms with Crippen LogP contribution in [0.15, 0.2) is 6.20 Å². The molecule has 3 nitrogen and oxygen atoms in total. The largest absolute Gasteiger partial charge is 0.299 e. The average Bonchev–Trinajstić information content (AvgIpc) is 2.96. The topological polar surface area (TPSA) is 19.4 Å². The molecule has 1 unspecified atom stereocenters. The summed E-state index contributed by atoms with van der Waals surface area (Å²) in [6.07, 6.45) is 7.29. The molecule has 0 N–H and O–H groups in total. The van der Waals surface area contributed by atoms with Crippen LogP contribution in [0, 0.1) is 0 Å². The van der Waals surface area contributed by atoms with E-state index in [1.165, 1.54) is 55.3 Å². The summed E-state index contributed by atoms with van der Waals surface area (Å²) in [4.78, 5) is 11.3. The third kappa shape index (κ3) is 2.76. The van der Waals surface area contributed by atoms with Gasteiger partial charge in [0.1, 0.15) is 5.01 Å². The van der Waals surface area contributed by atoms with Crippen LogP contribution in [0.4, 0.5) is 0 Å². The molecule has 0 bridgehead atoms. The first-order valence-electron chi connectivity index (χ1n) is 7.25. The summed E-state index contributed by atoms with van der Waals surface area (Å²) in [5.74, 6) is 0. The Hall–Kier alpha value is -0.450. The molecule has 2 saturated heterocycles. The Labute approximate surface area is 114 Å². The lowest BCUT2D eigenvalue weighted by molar-refractivity contribution is 0.215. The zero-order chi connectivity index (χ0) is 12.4. The van der Waals surface area contributed by atoms with Crippen LogP contribution in [-0.4, -0.2) is 47.0 Å². The van der Waals surface area contributed by atoms with Gasteiger partial charge in [0, 0.05) is 23.7 Å². The monoisotopic (exact) mass is 265 g/mol. The van der Waals surface area contributed by atoms with Crippen LogP contribution in [-0.2, 0) is 13.0 Å². The number of thiazole rings is 1. The summed E-state index contributed by atoms with van der Waals surface area (Å²) in [5.41, 5.74) is 0. The molecule has 100 valence electrons. The van der Waals surface area contributed by atoms with Gasteiger partial charge in [0.15, 0.2) is 0 Å². The number of aryl methyl sites for hydroxylation is 1. The van der Waals surface area contributed by atoms with Crippen LogP contribution in [0.1, 0.15) is 36.1 Å². The maximum absolute atomic E-state index is 4.56. The number of nitrogens with zero attached hydrogens (tertiary/aromatic N) is 3. The van der Waals surface area contributed by atoms with E-state index in [-0.39, 0.29) is 0 Å². The minimum atomic E-state index is 0.818. The zero-order valence-corrected chi connectivity index (χ0v) is 12.1. The first kappa shape index (κ1) is 12.6. The average molecular weight is 265 g/mol. The van der Waals surface area contributed by atoms with Crippen molar-refractivity contribution in [3.05, 3.63) is 16.1 Å². The normalized spacial score (nSPS) is 26.2. The van der Waals surface area contributed by atoms with Crippen molar-refractivity contribution in [3.63, 3.8) is 0 Å². The van der Waals surface area contributed by atoms with E-state index < -0.39 is 0 Å². The minimum absolute atomic E-state index is 0.818. The van der Waals surface area contributed by atoms with Crippen molar-refractivity contribution in [2.24, 2.45) is 0 Å². The van der Waals surface area contributed by atoms with Gasteiger partial charge in [0.2, 0.25) is 0 Å². The summed E-state index contributed by atoms with van der Waals surface area (Å²) in [7, 11) is 0. The van der Waals surface area contributed by atoms with E-state index in [9.17, 15) is 0 Å². The maximum Gasteiger partial charge on any atom is 0.107 e. The van der Waals surface area contributed by atoms with E-state index in [0.717, 1.165) is 19.0 Å². The molecule has 0 saturated carbocycles. The molecule has 0 aromatic carbocycles. The van der Waals surface area contributed by atoms with E-state index in [4.69, 9.17) is 0 Å². The quantitative estimate of drug-likeness (QED) is 0.836.